The lowest BCUT2D eigenvalue weighted by atomic mass is 10.1. The summed E-state index contributed by atoms with van der Waals surface area (Å²) in [6.07, 6.45) is 3.15. The molecule has 0 aromatic heterocycles. The highest BCUT2D eigenvalue weighted by atomic mass is 35.5. The summed E-state index contributed by atoms with van der Waals surface area (Å²) < 4.78 is 6.27. The van der Waals surface area contributed by atoms with Crippen LogP contribution in [0.1, 0.15) is 31.7 Å². The molecule has 7 N–H and O–H groups in total. The second kappa shape index (κ2) is 16.5. The SMILES string of the molecule is CC(N)Cc1ccccc1.Cl.Cl.[2H]OC(=O)[C@@H](N)CCCCN. The molecule has 0 saturated heterocycles. The summed E-state index contributed by atoms with van der Waals surface area (Å²) in [4.78, 5) is 10.5. The minimum Gasteiger partial charge on any atom is -0.480 e. The van der Waals surface area contributed by atoms with E-state index >= 15 is 0 Å². The molecule has 0 aliphatic rings. The minimum absolute atomic E-state index is 0. The van der Waals surface area contributed by atoms with Crippen molar-refractivity contribution >= 4 is 30.8 Å². The first kappa shape index (κ1) is 23.4. The zero-order valence-corrected chi connectivity index (χ0v) is 14.6. The van der Waals surface area contributed by atoms with Crippen LogP contribution in [0.2, 0.25) is 0 Å². The molecule has 0 radical (unpaired) electrons. The molecule has 1 rings (SSSR count). The average Bonchev–Trinajstić information content (AvgIpc) is 2.47. The van der Waals surface area contributed by atoms with Crippen LogP contribution in [0.25, 0.3) is 1.43 Å². The Kier molecular flexibility index (Phi) is 17.6. The highest BCUT2D eigenvalue weighted by Crippen LogP contribution is 2.00. The molecule has 0 spiro atoms. The Morgan fingerprint density at radius 1 is 1.23 bits per heavy atom. The molecule has 1 aromatic rings. The van der Waals surface area contributed by atoms with Gasteiger partial charge in [0.05, 0.1) is 0 Å². The van der Waals surface area contributed by atoms with Crippen LogP contribution in [0.5, 0.6) is 0 Å². The molecule has 0 bridgehead atoms. The number of carboxylic acid groups (broad SMARTS) is 1. The molecular weight excluding hydrogens is 325 g/mol. The van der Waals surface area contributed by atoms with Crippen LogP contribution in [0.3, 0.4) is 0 Å². The summed E-state index contributed by atoms with van der Waals surface area (Å²) in [7, 11) is 0. The fourth-order valence-corrected chi connectivity index (χ4v) is 1.61. The van der Waals surface area contributed by atoms with Gasteiger partial charge in [0.25, 0.3) is 1.43 Å². The first-order chi connectivity index (χ1) is 10.0. The zero-order chi connectivity index (χ0) is 16.1. The van der Waals surface area contributed by atoms with Crippen LogP contribution < -0.4 is 17.2 Å². The van der Waals surface area contributed by atoms with Crippen molar-refractivity contribution in [2.45, 2.75) is 44.7 Å². The molecule has 0 aliphatic carbocycles. The van der Waals surface area contributed by atoms with E-state index in [-0.39, 0.29) is 30.9 Å². The van der Waals surface area contributed by atoms with E-state index in [0.29, 0.717) is 13.0 Å². The fraction of sp³-hybridized carbons (Fsp3) is 0.533. The molecular formula is C15H29Cl2N3O2. The number of carboxylic acids is 1. The molecule has 0 amide bonds. The Bertz CT molecular complexity index is 384. The van der Waals surface area contributed by atoms with Crippen LogP contribution in [0, 0.1) is 0 Å². The Labute approximate surface area is 146 Å². The summed E-state index contributed by atoms with van der Waals surface area (Å²) in [6.45, 7) is 2.62. The van der Waals surface area contributed by atoms with Crippen LogP contribution >= 0.6 is 24.8 Å². The highest BCUT2D eigenvalue weighted by Gasteiger charge is 2.09. The quantitative estimate of drug-likeness (QED) is 0.558. The van der Waals surface area contributed by atoms with E-state index in [9.17, 15) is 4.79 Å². The smallest absolute Gasteiger partial charge is 0.320 e. The largest absolute Gasteiger partial charge is 0.480 e. The van der Waals surface area contributed by atoms with E-state index in [1.54, 1.807) is 0 Å². The van der Waals surface area contributed by atoms with Gasteiger partial charge in [-0.1, -0.05) is 36.8 Å². The van der Waals surface area contributed by atoms with Gasteiger partial charge in [-0.05, 0) is 38.3 Å². The van der Waals surface area contributed by atoms with Gasteiger partial charge < -0.3 is 22.3 Å². The number of unbranched alkanes of at least 4 members (excludes halogenated alkanes) is 1. The molecule has 0 aliphatic heterocycles. The van der Waals surface area contributed by atoms with Gasteiger partial charge in [-0.15, -0.1) is 24.8 Å². The second-order valence-electron chi connectivity index (χ2n) is 4.88. The standard InChI is InChI=1S/C9H13N.C6H14N2O2.2ClH/c1-8(10)7-9-5-3-2-4-6-9;7-4-2-1-3-5(8)6(9)10;;/h2-6,8H,7,10H2,1H3;5H,1-4,7-8H2,(H,9,10);2*1H/t;5-;;/m.0../s1/i/hD. The van der Waals surface area contributed by atoms with Gasteiger partial charge in [0, 0.05) is 6.04 Å². The Morgan fingerprint density at radius 3 is 2.27 bits per heavy atom. The molecule has 7 heteroatoms. The molecule has 130 valence electrons. The number of carbonyl (C=O) groups is 1. The lowest BCUT2D eigenvalue weighted by Crippen LogP contribution is -2.29. The van der Waals surface area contributed by atoms with Crippen molar-refractivity contribution in [2.24, 2.45) is 17.2 Å². The number of aliphatic carboxylic acids is 1. The molecule has 0 saturated carbocycles. The van der Waals surface area contributed by atoms with Gasteiger partial charge >= 0.3 is 5.97 Å². The second-order valence-corrected chi connectivity index (χ2v) is 4.88. The van der Waals surface area contributed by atoms with Crippen LogP contribution in [-0.2, 0) is 11.2 Å². The van der Waals surface area contributed by atoms with E-state index in [2.05, 4.69) is 17.2 Å². The van der Waals surface area contributed by atoms with E-state index in [1.165, 1.54) is 5.56 Å². The van der Waals surface area contributed by atoms with Crippen LogP contribution in [0.4, 0.5) is 0 Å². The van der Waals surface area contributed by atoms with E-state index < -0.39 is 12.0 Å². The number of hydrogen-bond acceptors (Lipinski definition) is 5. The van der Waals surface area contributed by atoms with Gasteiger partial charge in [-0.25, -0.2) is 0 Å². The third-order valence-corrected chi connectivity index (χ3v) is 2.67. The van der Waals surface area contributed by atoms with Crippen molar-refractivity contribution in [2.75, 3.05) is 6.54 Å². The molecule has 0 heterocycles. The lowest BCUT2D eigenvalue weighted by Gasteiger charge is -2.03. The summed E-state index contributed by atoms with van der Waals surface area (Å²) >= 11 is 0. The third kappa shape index (κ3) is 15.5. The first-order valence-corrected chi connectivity index (χ1v) is 6.93. The molecule has 5 nitrogen and oxygen atoms in total. The Morgan fingerprint density at radius 2 is 1.82 bits per heavy atom. The summed E-state index contributed by atoms with van der Waals surface area (Å²) in [5.41, 5.74) is 17.5. The van der Waals surface area contributed by atoms with E-state index in [1.807, 2.05) is 25.1 Å². The minimum atomic E-state index is -0.679. The third-order valence-electron chi connectivity index (χ3n) is 2.67. The number of hydrogen-bond donors (Lipinski definition) is 4. The monoisotopic (exact) mass is 354 g/mol. The predicted octanol–water partition coefficient (Wildman–Crippen LogP) is 1.95. The summed E-state index contributed by atoms with van der Waals surface area (Å²) in [5, 5.41) is 3.70. The van der Waals surface area contributed by atoms with Gasteiger partial charge in [0.1, 0.15) is 6.04 Å². The normalized spacial score (nSPS) is 12.3. The number of halogens is 2. The topological polar surface area (TPSA) is 115 Å². The Balaban J connectivity index is -0.000000321. The van der Waals surface area contributed by atoms with E-state index in [4.69, 9.17) is 18.6 Å². The molecule has 1 aromatic carbocycles. The van der Waals surface area contributed by atoms with Crippen molar-refractivity contribution in [3.8, 4) is 0 Å². The molecule has 2 atom stereocenters. The maximum Gasteiger partial charge on any atom is 0.320 e. The van der Waals surface area contributed by atoms with Gasteiger partial charge in [0.2, 0.25) is 0 Å². The highest BCUT2D eigenvalue weighted by molar-refractivity contribution is 5.85. The number of benzene rings is 1. The average molecular weight is 355 g/mol. The number of nitrogens with two attached hydrogens (primary N) is 3. The zero-order valence-electron chi connectivity index (χ0n) is 13.9. The predicted molar refractivity (Wildman–Crippen MR) is 96.8 cm³/mol. The Hall–Kier alpha value is -0.850. The van der Waals surface area contributed by atoms with Crippen molar-refractivity contribution in [3.05, 3.63) is 35.9 Å². The van der Waals surface area contributed by atoms with Crippen molar-refractivity contribution in [1.29, 1.82) is 1.43 Å². The molecule has 0 fully saturated rings. The van der Waals surface area contributed by atoms with Crippen molar-refractivity contribution < 1.29 is 9.90 Å². The fourth-order valence-electron chi connectivity index (χ4n) is 1.61. The molecule has 22 heavy (non-hydrogen) atoms. The lowest BCUT2D eigenvalue weighted by molar-refractivity contribution is -0.138. The maximum absolute atomic E-state index is 10.5. The van der Waals surface area contributed by atoms with Gasteiger partial charge in [-0.2, -0.15) is 0 Å². The van der Waals surface area contributed by atoms with Crippen LogP contribution in [-0.4, -0.2) is 29.7 Å². The first-order valence-electron chi connectivity index (χ1n) is 7.34. The molecule has 1 unspecified atom stereocenters. The van der Waals surface area contributed by atoms with Crippen molar-refractivity contribution in [1.82, 2.24) is 0 Å². The summed E-state index contributed by atoms with van der Waals surface area (Å²) in [6, 6.07) is 9.90. The van der Waals surface area contributed by atoms with Crippen molar-refractivity contribution in [3.63, 3.8) is 0 Å². The van der Waals surface area contributed by atoms with Gasteiger partial charge in [-0.3, -0.25) is 4.79 Å². The maximum atomic E-state index is 10.5. The van der Waals surface area contributed by atoms with Gasteiger partial charge in [0.15, 0.2) is 0 Å². The van der Waals surface area contributed by atoms with Crippen LogP contribution in [0.15, 0.2) is 30.3 Å². The number of rotatable bonds is 7. The van der Waals surface area contributed by atoms with E-state index in [0.717, 1.165) is 19.3 Å². The summed E-state index contributed by atoms with van der Waals surface area (Å²) in [5.74, 6) is -0.679.